The van der Waals surface area contributed by atoms with Crippen LogP contribution >= 0.6 is 0 Å². The number of fused-ring (bicyclic) bond motifs is 2. The van der Waals surface area contributed by atoms with E-state index in [-0.39, 0.29) is 33.7 Å². The smallest absolute Gasteiger partial charge is 0.302 e. The van der Waals surface area contributed by atoms with Gasteiger partial charge in [0.1, 0.15) is 11.1 Å². The summed E-state index contributed by atoms with van der Waals surface area (Å²) in [5, 5.41) is 0. The molecule has 0 spiro atoms. The van der Waals surface area contributed by atoms with Crippen LogP contribution in [0, 0.1) is 0 Å². The van der Waals surface area contributed by atoms with Crippen LogP contribution in [0.3, 0.4) is 0 Å². The maximum Gasteiger partial charge on any atom is 0.329 e. The lowest BCUT2D eigenvalue weighted by Crippen LogP contribution is -2.50. The van der Waals surface area contributed by atoms with Gasteiger partial charge in [0, 0.05) is 33.9 Å². The summed E-state index contributed by atoms with van der Waals surface area (Å²) in [7, 11) is 0. The average molecular weight is 641 g/mol. The van der Waals surface area contributed by atoms with Gasteiger partial charge in [-0.15, -0.1) is 0 Å². The van der Waals surface area contributed by atoms with Crippen LogP contribution in [0.1, 0.15) is 34.6 Å². The van der Waals surface area contributed by atoms with Gasteiger partial charge in [0.2, 0.25) is 11.6 Å². The SMILES string of the molecule is CC(NNC(=O)C(=O)NNC(C)=C1C(=O)c2ccccc2N(c2ccccc2)C1=O)=C1C(=O)c2ccccc2N(c2ccccc2)C1=O. The van der Waals surface area contributed by atoms with Gasteiger partial charge in [-0.25, -0.2) is 0 Å². The summed E-state index contributed by atoms with van der Waals surface area (Å²) in [5.41, 5.74) is 11.4. The number of hydrogen-bond donors (Lipinski definition) is 4. The van der Waals surface area contributed by atoms with Gasteiger partial charge < -0.3 is 10.9 Å². The third-order valence-corrected chi connectivity index (χ3v) is 7.78. The topological polar surface area (TPSA) is 157 Å². The molecule has 0 aliphatic carbocycles. The summed E-state index contributed by atoms with van der Waals surface area (Å²) in [6, 6.07) is 30.9. The van der Waals surface area contributed by atoms with Crippen molar-refractivity contribution in [1.29, 1.82) is 0 Å². The summed E-state index contributed by atoms with van der Waals surface area (Å²) < 4.78 is 0. The number of ketones is 2. The monoisotopic (exact) mass is 640 g/mol. The van der Waals surface area contributed by atoms with Crippen molar-refractivity contribution in [2.75, 3.05) is 9.80 Å². The molecule has 0 aromatic heterocycles. The molecule has 0 saturated heterocycles. The molecule has 0 fully saturated rings. The number of hydrazine groups is 2. The summed E-state index contributed by atoms with van der Waals surface area (Å²) in [6.45, 7) is 2.84. The molecule has 0 atom stereocenters. The standard InChI is InChI=1S/C36H28N6O6/c1-21(29-31(43)25-17-9-11-19-27(25)41(35(29)47)23-13-5-3-6-14-23)37-39-33(45)34(46)40-38-22(2)30-32(44)26-18-10-12-20-28(26)42(36(30)48)24-15-7-4-8-16-24/h3-20,37-38H,1-2H3,(H,39,45)(H,40,46). The van der Waals surface area contributed by atoms with Gasteiger partial charge in [-0.1, -0.05) is 60.7 Å². The van der Waals surface area contributed by atoms with Crippen molar-refractivity contribution in [1.82, 2.24) is 21.7 Å². The first-order valence-electron chi connectivity index (χ1n) is 14.8. The number of rotatable bonds is 6. The molecule has 48 heavy (non-hydrogen) atoms. The van der Waals surface area contributed by atoms with Gasteiger partial charge in [-0.3, -0.25) is 49.4 Å². The van der Waals surface area contributed by atoms with Crippen LogP contribution in [-0.2, 0) is 19.2 Å². The first-order valence-corrected chi connectivity index (χ1v) is 14.8. The number of carbonyl (C=O) groups excluding carboxylic acids is 6. The van der Waals surface area contributed by atoms with Crippen molar-refractivity contribution < 1.29 is 28.8 Å². The molecule has 4 amide bonds. The van der Waals surface area contributed by atoms with Crippen LogP contribution in [0.5, 0.6) is 0 Å². The maximum absolute atomic E-state index is 13.6. The Morgan fingerprint density at radius 2 is 0.792 bits per heavy atom. The number of para-hydroxylation sites is 4. The van der Waals surface area contributed by atoms with Crippen LogP contribution in [-0.4, -0.2) is 35.2 Å². The van der Waals surface area contributed by atoms with Gasteiger partial charge in [-0.05, 0) is 62.4 Å². The predicted octanol–water partition coefficient (Wildman–Crippen LogP) is 3.90. The Labute approximate surface area is 274 Å². The highest BCUT2D eigenvalue weighted by Gasteiger charge is 2.38. The molecule has 238 valence electrons. The molecule has 0 unspecified atom stereocenters. The normalized spacial score (nSPS) is 16.0. The third-order valence-electron chi connectivity index (χ3n) is 7.78. The summed E-state index contributed by atoms with van der Waals surface area (Å²) in [6.07, 6.45) is 0. The Balaban J connectivity index is 1.17. The van der Waals surface area contributed by atoms with E-state index in [0.29, 0.717) is 22.7 Å². The summed E-state index contributed by atoms with van der Waals surface area (Å²) >= 11 is 0. The van der Waals surface area contributed by atoms with Crippen molar-refractivity contribution in [3.05, 3.63) is 143 Å². The lowest BCUT2D eigenvalue weighted by Gasteiger charge is -2.31. The summed E-state index contributed by atoms with van der Waals surface area (Å²) in [4.78, 5) is 82.3. The zero-order valence-electron chi connectivity index (χ0n) is 25.7. The first-order chi connectivity index (χ1) is 23.2. The molecule has 6 rings (SSSR count). The maximum atomic E-state index is 13.6. The van der Waals surface area contributed by atoms with Gasteiger partial charge in [-0.2, -0.15) is 0 Å². The lowest BCUT2D eigenvalue weighted by atomic mass is 9.93. The predicted molar refractivity (Wildman–Crippen MR) is 177 cm³/mol. The summed E-state index contributed by atoms with van der Waals surface area (Å²) in [5.74, 6) is -4.72. The van der Waals surface area contributed by atoms with Gasteiger partial charge in [0.25, 0.3) is 11.8 Å². The highest BCUT2D eigenvalue weighted by molar-refractivity contribution is 6.38. The molecule has 4 aromatic carbocycles. The van der Waals surface area contributed by atoms with Crippen molar-refractivity contribution in [2.24, 2.45) is 0 Å². The van der Waals surface area contributed by atoms with Crippen LogP contribution in [0.25, 0.3) is 0 Å². The average Bonchev–Trinajstić information content (AvgIpc) is 3.10. The Kier molecular flexibility index (Phi) is 8.37. The van der Waals surface area contributed by atoms with Crippen molar-refractivity contribution in [3.63, 3.8) is 0 Å². The minimum atomic E-state index is -1.19. The minimum absolute atomic E-state index is 0.00547. The number of hydrogen-bond acceptors (Lipinski definition) is 8. The van der Waals surface area contributed by atoms with E-state index < -0.39 is 35.2 Å². The number of nitrogens with one attached hydrogen (secondary N) is 4. The molecule has 2 aliphatic heterocycles. The fraction of sp³-hybridized carbons (Fsp3) is 0.0556. The number of anilines is 4. The van der Waals surface area contributed by atoms with E-state index in [0.717, 1.165) is 0 Å². The number of benzene rings is 4. The highest BCUT2D eigenvalue weighted by atomic mass is 16.2. The number of amides is 4. The van der Waals surface area contributed by atoms with Crippen molar-refractivity contribution in [3.8, 4) is 0 Å². The Morgan fingerprint density at radius 3 is 1.17 bits per heavy atom. The second-order valence-corrected chi connectivity index (χ2v) is 10.8. The van der Waals surface area contributed by atoms with E-state index in [1.807, 2.05) is 0 Å². The second kappa shape index (κ2) is 12.9. The number of allylic oxidation sites excluding steroid dienone is 2. The molecule has 12 nitrogen and oxygen atoms in total. The molecule has 0 bridgehead atoms. The Bertz CT molecular complexity index is 1920. The molecule has 4 aromatic rings. The zero-order chi connectivity index (χ0) is 33.9. The molecule has 0 saturated carbocycles. The molecule has 2 aliphatic rings. The van der Waals surface area contributed by atoms with Crippen LogP contribution < -0.4 is 31.5 Å². The number of nitrogens with zero attached hydrogens (tertiary/aromatic N) is 2. The van der Waals surface area contributed by atoms with E-state index in [9.17, 15) is 28.8 Å². The van der Waals surface area contributed by atoms with Crippen molar-refractivity contribution in [2.45, 2.75) is 13.8 Å². The fourth-order valence-electron chi connectivity index (χ4n) is 5.50. The Morgan fingerprint density at radius 1 is 0.458 bits per heavy atom. The highest BCUT2D eigenvalue weighted by Crippen LogP contribution is 2.38. The molecule has 0 radical (unpaired) electrons. The molecular weight excluding hydrogens is 612 g/mol. The van der Waals surface area contributed by atoms with E-state index >= 15 is 0 Å². The lowest BCUT2D eigenvalue weighted by molar-refractivity contribution is -0.140. The molecule has 2 heterocycles. The molecular formula is C36H28N6O6. The second-order valence-electron chi connectivity index (χ2n) is 10.8. The molecule has 12 heteroatoms. The van der Waals surface area contributed by atoms with E-state index in [4.69, 9.17) is 0 Å². The van der Waals surface area contributed by atoms with Gasteiger partial charge in [0.05, 0.1) is 11.4 Å². The van der Waals surface area contributed by atoms with Crippen LogP contribution in [0.4, 0.5) is 22.7 Å². The Hall–Kier alpha value is -6.82. The van der Waals surface area contributed by atoms with E-state index in [1.165, 1.54) is 23.6 Å². The largest absolute Gasteiger partial charge is 0.329 e. The molecule has 4 N–H and O–H groups in total. The third kappa shape index (κ3) is 5.58. The van der Waals surface area contributed by atoms with E-state index in [1.54, 1.807) is 109 Å². The van der Waals surface area contributed by atoms with Crippen LogP contribution in [0.2, 0.25) is 0 Å². The van der Waals surface area contributed by atoms with E-state index in [2.05, 4.69) is 21.7 Å². The zero-order valence-corrected chi connectivity index (χ0v) is 25.7. The van der Waals surface area contributed by atoms with Gasteiger partial charge in [0.15, 0.2) is 0 Å². The fourth-order valence-corrected chi connectivity index (χ4v) is 5.50. The number of Topliss-reactive ketones (excluding diaryl/α,β-unsaturated/α-hetero) is 2. The number of carbonyl (C=O) groups is 6. The minimum Gasteiger partial charge on any atom is -0.302 e. The first kappa shape index (κ1) is 31.2. The van der Waals surface area contributed by atoms with Crippen LogP contribution in [0.15, 0.2) is 132 Å². The van der Waals surface area contributed by atoms with Gasteiger partial charge >= 0.3 is 11.8 Å². The quantitative estimate of drug-likeness (QED) is 0.107. The van der Waals surface area contributed by atoms with Crippen molar-refractivity contribution >= 4 is 57.9 Å².